The smallest absolute Gasteiger partial charge is 0 e. The predicted octanol–water partition coefficient (Wildman–Crippen LogP) is -0.772. The van der Waals surface area contributed by atoms with Crippen LogP contribution in [0.1, 0.15) is 0 Å². The first-order valence-corrected chi connectivity index (χ1v) is 0. The molecule has 0 N–H and O–H groups in total. The SMILES string of the molecule is [Cu+2].[LiH].[Ni].[O-2]. The molecule has 0 saturated carbocycles. The maximum Gasteiger partial charge on any atom is 0 e. The summed E-state index contributed by atoms with van der Waals surface area (Å²) in [7, 11) is 0. The van der Waals surface area contributed by atoms with Crippen LogP contribution in [0.15, 0.2) is 0 Å². The summed E-state index contributed by atoms with van der Waals surface area (Å²) >= 11 is 0. The number of hydrogen-bond donors (Lipinski definition) is 0. The molecule has 0 aliphatic carbocycles. The van der Waals surface area contributed by atoms with E-state index < -0.39 is 0 Å². The zero-order valence-electron chi connectivity index (χ0n) is 1.03. The van der Waals surface area contributed by atoms with E-state index in [-0.39, 0.29) is 57.9 Å². The minimum atomic E-state index is 0. The van der Waals surface area contributed by atoms with Crippen LogP contribution in [0.5, 0.6) is 0 Å². The van der Waals surface area contributed by atoms with Crippen molar-refractivity contribution in [3.8, 4) is 0 Å². The molecule has 0 fully saturated rings. The first-order valence-electron chi connectivity index (χ1n) is 0. The molecule has 29 valence electrons. The van der Waals surface area contributed by atoms with Gasteiger partial charge in [-0.05, 0) is 0 Å². The van der Waals surface area contributed by atoms with E-state index in [1.54, 1.807) is 0 Å². The molecule has 0 aromatic rings. The maximum absolute atomic E-state index is 0. The van der Waals surface area contributed by atoms with E-state index in [2.05, 4.69) is 0 Å². The quantitative estimate of drug-likeness (QED) is 0.401. The summed E-state index contributed by atoms with van der Waals surface area (Å²) < 4.78 is 0. The first-order chi connectivity index (χ1) is 0. The van der Waals surface area contributed by atoms with E-state index in [1.807, 2.05) is 0 Å². The molecule has 0 aromatic carbocycles. The Bertz CT molecular complexity index is 8.00. The van der Waals surface area contributed by atoms with E-state index in [4.69, 9.17) is 0 Å². The van der Waals surface area contributed by atoms with E-state index in [9.17, 15) is 0 Å². The molecule has 1 radical (unpaired) electrons. The molecule has 4 heteroatoms. The second-order valence-corrected chi connectivity index (χ2v) is 0. The fourth-order valence-corrected chi connectivity index (χ4v) is 0. The van der Waals surface area contributed by atoms with Crippen molar-refractivity contribution in [3.05, 3.63) is 0 Å². The van der Waals surface area contributed by atoms with Crippen LogP contribution in [0.25, 0.3) is 0 Å². The Morgan fingerprint density at radius 3 is 1.00 bits per heavy atom. The first kappa shape index (κ1) is 47.2. The van der Waals surface area contributed by atoms with Crippen molar-refractivity contribution in [2.24, 2.45) is 0 Å². The minimum Gasteiger partial charge on any atom is -2.00 e. The Labute approximate surface area is 57.8 Å². The Hall–Kier alpha value is 1.57. The molecule has 0 aliphatic rings. The Balaban J connectivity index is 0. The summed E-state index contributed by atoms with van der Waals surface area (Å²) in [6.07, 6.45) is 0. The van der Waals surface area contributed by atoms with Gasteiger partial charge in [0.1, 0.15) is 0 Å². The summed E-state index contributed by atoms with van der Waals surface area (Å²) in [4.78, 5) is 0. The molecule has 4 heavy (non-hydrogen) atoms. The van der Waals surface area contributed by atoms with E-state index >= 15 is 0 Å². The van der Waals surface area contributed by atoms with Crippen molar-refractivity contribution in [1.29, 1.82) is 0 Å². The predicted molar refractivity (Wildman–Crippen MR) is 7.84 cm³/mol. The van der Waals surface area contributed by atoms with Gasteiger partial charge in [-0.15, -0.1) is 0 Å². The summed E-state index contributed by atoms with van der Waals surface area (Å²) in [5.41, 5.74) is 0. The topological polar surface area (TPSA) is 28.5 Å². The van der Waals surface area contributed by atoms with Gasteiger partial charge >= 0.3 is 35.9 Å². The number of hydrogen-bond acceptors (Lipinski definition) is 0. The van der Waals surface area contributed by atoms with Crippen molar-refractivity contribution in [1.82, 2.24) is 0 Å². The second kappa shape index (κ2) is 23.6. The normalized spacial score (nSPS) is 0. The largest absolute Gasteiger partial charge is 2.00 e. The van der Waals surface area contributed by atoms with Crippen molar-refractivity contribution >= 4 is 18.9 Å². The van der Waals surface area contributed by atoms with Crippen LogP contribution in [0, 0.1) is 0 Å². The monoisotopic (exact) mass is 145 g/mol. The van der Waals surface area contributed by atoms with Gasteiger partial charge in [-0.3, -0.25) is 0 Å². The molecule has 0 aliphatic heterocycles. The fourth-order valence-electron chi connectivity index (χ4n) is 0. The molecule has 1 nitrogen and oxygen atoms in total. The van der Waals surface area contributed by atoms with Gasteiger partial charge in [0, 0.05) is 16.5 Å². The zero-order valence-corrected chi connectivity index (χ0v) is 2.96. The Morgan fingerprint density at radius 2 is 1.00 bits per heavy atom. The summed E-state index contributed by atoms with van der Waals surface area (Å²) in [6, 6.07) is 0. The molecule has 0 aromatic heterocycles. The van der Waals surface area contributed by atoms with Crippen molar-refractivity contribution in [3.63, 3.8) is 0 Å². The molecular weight excluding hydrogens is 145 g/mol. The molecular formula is HCuLiNiO. The molecule has 0 spiro atoms. The minimum absolute atomic E-state index is 0. The standard InChI is InChI=1S/Cu.Li.Ni.O.H/q+2;;;-2;. The fraction of sp³-hybridized carbons (Fsp3) is 0. The van der Waals surface area contributed by atoms with E-state index in [1.165, 1.54) is 0 Å². The summed E-state index contributed by atoms with van der Waals surface area (Å²) in [5.74, 6) is 0. The van der Waals surface area contributed by atoms with Crippen LogP contribution < -0.4 is 0 Å². The van der Waals surface area contributed by atoms with Gasteiger partial charge in [0.15, 0.2) is 0 Å². The van der Waals surface area contributed by atoms with Crippen LogP contribution in [-0.2, 0) is 39.0 Å². The van der Waals surface area contributed by atoms with Gasteiger partial charge < -0.3 is 5.48 Å². The van der Waals surface area contributed by atoms with Gasteiger partial charge in [-0.25, -0.2) is 0 Å². The van der Waals surface area contributed by atoms with Crippen molar-refractivity contribution in [2.45, 2.75) is 0 Å². The molecule has 0 saturated heterocycles. The molecule has 0 heterocycles. The van der Waals surface area contributed by atoms with Crippen molar-refractivity contribution in [2.75, 3.05) is 0 Å². The van der Waals surface area contributed by atoms with Crippen LogP contribution in [0.2, 0.25) is 0 Å². The third kappa shape index (κ3) is 9.57. The van der Waals surface area contributed by atoms with Crippen LogP contribution in [0.3, 0.4) is 0 Å². The molecule has 0 unspecified atom stereocenters. The molecule has 0 amide bonds. The van der Waals surface area contributed by atoms with Crippen LogP contribution in [0.4, 0.5) is 0 Å². The van der Waals surface area contributed by atoms with Gasteiger partial charge in [0.2, 0.25) is 0 Å². The number of rotatable bonds is 0. The second-order valence-electron chi connectivity index (χ2n) is 0. The van der Waals surface area contributed by atoms with E-state index in [0.29, 0.717) is 0 Å². The molecule has 0 atom stereocenters. The average Bonchev–Trinajstić information content (AvgIpc) is 0. The van der Waals surface area contributed by atoms with E-state index in [0.717, 1.165) is 0 Å². The van der Waals surface area contributed by atoms with Gasteiger partial charge in [0.05, 0.1) is 0 Å². The van der Waals surface area contributed by atoms with Gasteiger partial charge in [-0.1, -0.05) is 0 Å². The van der Waals surface area contributed by atoms with Crippen LogP contribution in [-0.4, -0.2) is 18.9 Å². The maximum atomic E-state index is 0. The summed E-state index contributed by atoms with van der Waals surface area (Å²) in [5, 5.41) is 0. The molecule has 0 rings (SSSR count). The third-order valence-corrected chi connectivity index (χ3v) is 0. The average molecular weight is 146 g/mol. The summed E-state index contributed by atoms with van der Waals surface area (Å²) in [6.45, 7) is 0. The Kier molecular flexibility index (Phi) is 279. The van der Waals surface area contributed by atoms with Gasteiger partial charge in [0.25, 0.3) is 0 Å². The van der Waals surface area contributed by atoms with Crippen molar-refractivity contribution < 1.29 is 39.0 Å². The molecule has 0 bridgehead atoms. The van der Waals surface area contributed by atoms with Gasteiger partial charge in [-0.2, -0.15) is 0 Å². The Morgan fingerprint density at radius 1 is 1.00 bits per heavy atom. The zero-order chi connectivity index (χ0) is 0. The third-order valence-electron chi connectivity index (χ3n) is 0. The van der Waals surface area contributed by atoms with Crippen LogP contribution >= 0.6 is 0 Å².